The molecule has 0 aliphatic heterocycles. The maximum atomic E-state index is 7.33. The zero-order valence-electron chi connectivity index (χ0n) is 3.50. The van der Waals surface area contributed by atoms with Crippen LogP contribution in [-0.2, 0) is 21.7 Å². The molecule has 2 radical (unpaired) electrons. The second-order valence-electron chi connectivity index (χ2n) is 0.600. The van der Waals surface area contributed by atoms with Crippen LogP contribution in [0.4, 0.5) is 0 Å². The van der Waals surface area contributed by atoms with E-state index in [2.05, 4.69) is 0 Å². The van der Waals surface area contributed by atoms with Crippen molar-refractivity contribution in [3.8, 4) is 0 Å². The summed E-state index contributed by atoms with van der Waals surface area (Å²) in [6.07, 6.45) is 0. The van der Waals surface area contributed by atoms with Crippen LogP contribution in [0.1, 0.15) is 0 Å². The summed E-state index contributed by atoms with van der Waals surface area (Å²) < 4.78 is 0. The van der Waals surface area contributed by atoms with E-state index in [4.69, 9.17) is 19.2 Å². The van der Waals surface area contributed by atoms with Gasteiger partial charge >= 0.3 is 36.3 Å². The molecule has 0 fully saturated rings. The molecule has 0 aliphatic rings. The van der Waals surface area contributed by atoms with Gasteiger partial charge in [0.15, 0.2) is 0 Å². The molecule has 0 saturated carbocycles. The first kappa shape index (κ1) is 15.9. The third-order valence-corrected chi connectivity index (χ3v) is 0. The van der Waals surface area contributed by atoms with Crippen LogP contribution in [0.5, 0.6) is 0 Å². The predicted octanol–water partition coefficient (Wildman–Crippen LogP) is -3.53. The van der Waals surface area contributed by atoms with Gasteiger partial charge in [-0.2, -0.15) is 0 Å². The first-order chi connectivity index (χ1) is 2.00. The molecule has 4 nitrogen and oxygen atoms in total. The molecule has 0 unspecified atom stereocenters. The minimum Gasteiger partial charge on any atom is 0 e. The van der Waals surface area contributed by atoms with Crippen LogP contribution in [0, 0.1) is 0 Å². The fraction of sp³-hybridized carbons (Fsp3) is 0. The Morgan fingerprint density at radius 2 is 0.857 bits per heavy atom. The van der Waals surface area contributed by atoms with E-state index in [1.165, 1.54) is 0 Å². The maximum Gasteiger partial charge on any atom is 0 e. The fourth-order valence-corrected chi connectivity index (χ4v) is 0. The van der Waals surface area contributed by atoms with Gasteiger partial charge in [-0.15, -0.1) is 0 Å². The van der Waals surface area contributed by atoms with Gasteiger partial charge in [0.25, 0.3) is 0 Å². The average Bonchev–Trinajstić information content (AvgIpc) is 0.722. The molecule has 0 spiro atoms. The van der Waals surface area contributed by atoms with Gasteiger partial charge in [-0.05, 0) is 0 Å². The van der Waals surface area contributed by atoms with Crippen LogP contribution in [-0.4, -0.2) is 55.5 Å². The van der Waals surface area contributed by atoms with Crippen molar-refractivity contribution >= 4 is 36.3 Å². The van der Waals surface area contributed by atoms with Crippen LogP contribution >= 0.6 is 0 Å². The van der Waals surface area contributed by atoms with E-state index in [9.17, 15) is 0 Å². The molecule has 42 valence electrons. The van der Waals surface area contributed by atoms with E-state index in [0.717, 1.165) is 0 Å². The molecular formula is H6O4PbSiTi. The van der Waals surface area contributed by atoms with E-state index in [1.54, 1.807) is 0 Å². The van der Waals surface area contributed by atoms with Crippen molar-refractivity contribution in [3.63, 3.8) is 0 Å². The molecule has 0 aromatic rings. The molecule has 0 rings (SSSR count). The first-order valence-electron chi connectivity index (χ1n) is 0.894. The molecule has 0 aromatic heterocycles. The molecule has 0 saturated heterocycles. The number of hydrogen-bond acceptors (Lipinski definition) is 4. The third-order valence-electron chi connectivity index (χ3n) is 0. The second-order valence-corrected chi connectivity index (χ2v) is 1.80. The Bertz CT molecular complexity index is 27.2. The Morgan fingerprint density at radius 1 is 0.857 bits per heavy atom. The van der Waals surface area contributed by atoms with E-state index >= 15 is 0 Å². The summed E-state index contributed by atoms with van der Waals surface area (Å²) in [4.78, 5) is 29.3. The van der Waals surface area contributed by atoms with Gasteiger partial charge in [0.05, 0.1) is 0 Å². The van der Waals surface area contributed by atoms with E-state index < -0.39 is 9.05 Å². The van der Waals surface area contributed by atoms with Gasteiger partial charge in [0.2, 0.25) is 0 Å². The van der Waals surface area contributed by atoms with Gasteiger partial charge < -0.3 is 19.2 Å². The Balaban J connectivity index is -0.0000000800. The van der Waals surface area contributed by atoms with E-state index in [0.29, 0.717) is 0 Å². The standard InChI is InChI=1S/H4O4Si.Pb.Ti.2H/c1-5(2,3)4;;;;/h1-4H;;;;. The van der Waals surface area contributed by atoms with Crippen LogP contribution in [0.15, 0.2) is 0 Å². The van der Waals surface area contributed by atoms with Crippen molar-refractivity contribution in [2.24, 2.45) is 0 Å². The molecule has 4 N–H and O–H groups in total. The Labute approximate surface area is 76.7 Å². The largest absolute Gasteiger partial charge is 0 e. The second kappa shape index (κ2) is 5.82. The van der Waals surface area contributed by atoms with Crippen molar-refractivity contribution in [2.45, 2.75) is 0 Å². The molecule has 0 heterocycles. The van der Waals surface area contributed by atoms with Crippen molar-refractivity contribution in [1.82, 2.24) is 0 Å². The molecule has 0 aromatic carbocycles. The van der Waals surface area contributed by atoms with Gasteiger partial charge in [-0.25, -0.2) is 0 Å². The monoisotopic (exact) mass is 354 g/mol. The zero-order chi connectivity index (χ0) is 4.50. The summed E-state index contributed by atoms with van der Waals surface area (Å²) in [5.41, 5.74) is 0. The molecule has 7 heteroatoms. The number of rotatable bonds is 0. The number of hydrogen-bond donors (Lipinski definition) is 4. The van der Waals surface area contributed by atoms with Crippen LogP contribution in [0.2, 0.25) is 0 Å². The van der Waals surface area contributed by atoms with Gasteiger partial charge in [-0.3, -0.25) is 0 Å². The summed E-state index contributed by atoms with van der Waals surface area (Å²) in [5, 5.41) is 0. The summed E-state index contributed by atoms with van der Waals surface area (Å²) in [5.74, 6) is 0. The predicted molar refractivity (Wildman–Crippen MR) is 23.2 cm³/mol. The molecule has 0 amide bonds. The van der Waals surface area contributed by atoms with Crippen molar-refractivity contribution in [2.75, 3.05) is 0 Å². The molecule has 0 aliphatic carbocycles. The van der Waals surface area contributed by atoms with Crippen molar-refractivity contribution in [3.05, 3.63) is 0 Å². The Kier molecular flexibility index (Phi) is 13.2. The maximum absolute atomic E-state index is 7.33. The van der Waals surface area contributed by atoms with Gasteiger partial charge in [0.1, 0.15) is 0 Å². The third kappa shape index (κ3) is 87.0. The van der Waals surface area contributed by atoms with Gasteiger partial charge in [-0.1, -0.05) is 0 Å². The van der Waals surface area contributed by atoms with E-state index in [1.807, 2.05) is 0 Å². The fourth-order valence-electron chi connectivity index (χ4n) is 0. The topological polar surface area (TPSA) is 80.9 Å². The van der Waals surface area contributed by atoms with Crippen LogP contribution in [0.25, 0.3) is 0 Å². The quantitative estimate of drug-likeness (QED) is 0.341. The molecule has 0 bridgehead atoms. The Morgan fingerprint density at radius 3 is 0.857 bits per heavy atom. The van der Waals surface area contributed by atoms with Crippen LogP contribution < -0.4 is 0 Å². The summed E-state index contributed by atoms with van der Waals surface area (Å²) in [7, 11) is -4.61. The van der Waals surface area contributed by atoms with E-state index in [-0.39, 0.29) is 49.0 Å². The minimum atomic E-state index is -4.61. The summed E-state index contributed by atoms with van der Waals surface area (Å²) >= 11 is 0. The van der Waals surface area contributed by atoms with Gasteiger partial charge in [0, 0.05) is 21.7 Å². The van der Waals surface area contributed by atoms with Crippen molar-refractivity contribution in [1.29, 1.82) is 0 Å². The van der Waals surface area contributed by atoms with Crippen LogP contribution in [0.3, 0.4) is 0 Å². The smallest absolute Gasteiger partial charge is 0 e. The normalized spacial score (nSPS) is 8.57. The molecule has 0 atom stereocenters. The summed E-state index contributed by atoms with van der Waals surface area (Å²) in [6, 6.07) is 0. The molecular weight excluding hydrogens is 347 g/mol. The minimum absolute atomic E-state index is 0. The van der Waals surface area contributed by atoms with Crippen molar-refractivity contribution < 1.29 is 40.9 Å². The Hall–Kier alpha value is 1.69. The first-order valence-corrected chi connectivity index (χ1v) is 2.68. The zero-order valence-corrected chi connectivity index (χ0v) is 11.6. The molecule has 7 heavy (non-hydrogen) atoms. The average molecular weight is 353 g/mol. The summed E-state index contributed by atoms with van der Waals surface area (Å²) in [6.45, 7) is 0. The SMILES string of the molecule is O[Si](O)(O)O.[PbH2].[Ti].